The third-order valence-electron chi connectivity index (χ3n) is 5.33. The minimum absolute atomic E-state index is 0.0488. The summed E-state index contributed by atoms with van der Waals surface area (Å²) < 4.78 is 16.8. The maximum Gasteiger partial charge on any atom is 0.255 e. The summed E-state index contributed by atoms with van der Waals surface area (Å²) in [5, 5.41) is 0. The van der Waals surface area contributed by atoms with E-state index in [2.05, 4.69) is 33.0 Å². The van der Waals surface area contributed by atoms with Crippen LogP contribution in [-0.2, 0) is 19.5 Å². The first-order chi connectivity index (χ1) is 13.5. The Morgan fingerprint density at radius 1 is 1.14 bits per heavy atom. The highest BCUT2D eigenvalue weighted by Crippen LogP contribution is 2.33. The lowest BCUT2D eigenvalue weighted by molar-refractivity contribution is 0.613. The second kappa shape index (κ2) is 7.43. The van der Waals surface area contributed by atoms with Gasteiger partial charge in [0.2, 0.25) is 0 Å². The summed E-state index contributed by atoms with van der Waals surface area (Å²) in [7, 11) is 0. The average Bonchev–Trinajstić information content (AvgIpc) is 3.09. The number of halogens is 2. The predicted molar refractivity (Wildman–Crippen MR) is 114 cm³/mol. The molecule has 0 fully saturated rings. The zero-order chi connectivity index (χ0) is 19.8. The molecule has 0 spiro atoms. The summed E-state index contributed by atoms with van der Waals surface area (Å²) >= 11 is 3.28. The van der Waals surface area contributed by atoms with Gasteiger partial charge >= 0.3 is 0 Å². The monoisotopic (exact) mass is 441 g/mol. The minimum Gasteiger partial charge on any atom is -0.396 e. The molecule has 1 aliphatic rings. The number of hydrogen-bond acceptors (Lipinski definition) is 3. The number of hydrogen-bond donors (Lipinski definition) is 1. The van der Waals surface area contributed by atoms with Crippen molar-refractivity contribution in [1.82, 2.24) is 4.57 Å². The third kappa shape index (κ3) is 3.33. The van der Waals surface area contributed by atoms with Crippen molar-refractivity contribution in [2.45, 2.75) is 26.4 Å². The summed E-state index contributed by atoms with van der Waals surface area (Å²) in [5.74, 6) is 0.432. The summed E-state index contributed by atoms with van der Waals surface area (Å²) in [6.45, 7) is 3.79. The highest BCUT2D eigenvalue weighted by molar-refractivity contribution is 9.10. The first-order valence-electron chi connectivity index (χ1n) is 9.20. The first-order valence-corrected chi connectivity index (χ1v) is 9.99. The Morgan fingerprint density at radius 2 is 1.89 bits per heavy atom. The zero-order valence-electron chi connectivity index (χ0n) is 15.6. The molecule has 0 bridgehead atoms. The number of aromatic nitrogens is 1. The molecule has 28 heavy (non-hydrogen) atoms. The molecule has 4 nitrogen and oxygen atoms in total. The fourth-order valence-electron chi connectivity index (χ4n) is 3.83. The molecule has 2 heterocycles. The van der Waals surface area contributed by atoms with Crippen molar-refractivity contribution in [3.8, 4) is 0 Å². The van der Waals surface area contributed by atoms with Crippen LogP contribution in [0.15, 0.2) is 57.8 Å². The van der Waals surface area contributed by atoms with Crippen LogP contribution in [0.3, 0.4) is 0 Å². The van der Waals surface area contributed by atoms with E-state index < -0.39 is 0 Å². The fraction of sp³-hybridized carbons (Fsp3) is 0.227. The van der Waals surface area contributed by atoms with E-state index in [1.807, 2.05) is 18.2 Å². The second-order valence-corrected chi connectivity index (χ2v) is 8.03. The summed E-state index contributed by atoms with van der Waals surface area (Å²) in [6.07, 6.45) is 0.291. The van der Waals surface area contributed by atoms with Crippen molar-refractivity contribution in [2.75, 3.05) is 17.2 Å². The molecule has 6 heteroatoms. The van der Waals surface area contributed by atoms with Crippen LogP contribution in [0.2, 0.25) is 0 Å². The van der Waals surface area contributed by atoms with Crippen molar-refractivity contribution >= 4 is 27.4 Å². The van der Waals surface area contributed by atoms with Crippen molar-refractivity contribution in [3.63, 3.8) is 0 Å². The van der Waals surface area contributed by atoms with Gasteiger partial charge in [0, 0.05) is 36.1 Å². The summed E-state index contributed by atoms with van der Waals surface area (Å²) in [4.78, 5) is 15.1. The Kier molecular flexibility index (Phi) is 4.98. The quantitative estimate of drug-likeness (QED) is 0.658. The van der Waals surface area contributed by atoms with Crippen LogP contribution in [0.1, 0.15) is 22.3 Å². The lowest BCUT2D eigenvalue weighted by Crippen LogP contribution is -2.26. The molecule has 0 unspecified atom stereocenters. The zero-order valence-corrected chi connectivity index (χ0v) is 17.2. The van der Waals surface area contributed by atoms with Crippen LogP contribution in [-0.4, -0.2) is 11.1 Å². The minimum atomic E-state index is -0.310. The van der Waals surface area contributed by atoms with Gasteiger partial charge in [-0.1, -0.05) is 52.3 Å². The Balaban J connectivity index is 1.76. The number of fused-ring (bicyclic) bond motifs is 1. The Hall–Kier alpha value is -2.60. The number of nitrogens with zero attached hydrogens (tertiary/aromatic N) is 2. The van der Waals surface area contributed by atoms with Crippen molar-refractivity contribution in [2.24, 2.45) is 0 Å². The van der Waals surface area contributed by atoms with Gasteiger partial charge in [-0.25, -0.2) is 4.39 Å². The normalized spacial score (nSPS) is 13.0. The molecule has 0 atom stereocenters. The van der Waals surface area contributed by atoms with Crippen molar-refractivity contribution < 1.29 is 4.39 Å². The van der Waals surface area contributed by atoms with Crippen LogP contribution in [0, 0.1) is 12.7 Å². The standard InChI is InChI=1S/C22H21BrFN3O/c1-14-18(11-16-7-8-17(23)12-19(16)24)20(25)21-26(9-10-27(21)22(14)28)13-15-5-3-2-4-6-15/h2-8,12H,9-11,13,25H2,1H3. The molecule has 3 aromatic rings. The lowest BCUT2D eigenvalue weighted by atomic mass is 9.99. The number of nitrogen functional groups attached to an aromatic ring is 1. The SMILES string of the molecule is Cc1c(Cc2ccc(Br)cc2F)c(N)c2n(c1=O)CCN2Cc1ccccc1. The number of nitrogens with two attached hydrogens (primary N) is 1. The lowest BCUT2D eigenvalue weighted by Gasteiger charge is -2.23. The molecule has 0 saturated carbocycles. The maximum atomic E-state index is 14.4. The van der Waals surface area contributed by atoms with Gasteiger partial charge in [-0.2, -0.15) is 0 Å². The van der Waals surface area contributed by atoms with Crippen LogP contribution < -0.4 is 16.2 Å². The van der Waals surface area contributed by atoms with Crippen LogP contribution in [0.25, 0.3) is 0 Å². The molecule has 0 aliphatic carbocycles. The van der Waals surface area contributed by atoms with Crippen LogP contribution >= 0.6 is 15.9 Å². The van der Waals surface area contributed by atoms with Crippen molar-refractivity contribution in [1.29, 1.82) is 0 Å². The molecule has 0 saturated heterocycles. The first kappa shape index (κ1) is 18.7. The number of anilines is 2. The summed E-state index contributed by atoms with van der Waals surface area (Å²) in [5.41, 5.74) is 10.0. The van der Waals surface area contributed by atoms with Gasteiger partial charge in [-0.05, 0) is 35.7 Å². The van der Waals surface area contributed by atoms with Gasteiger partial charge in [0.15, 0.2) is 0 Å². The predicted octanol–water partition coefficient (Wildman–Crippen LogP) is 4.25. The van der Waals surface area contributed by atoms with Gasteiger partial charge in [-0.15, -0.1) is 0 Å². The van der Waals surface area contributed by atoms with E-state index >= 15 is 0 Å². The van der Waals surface area contributed by atoms with E-state index in [4.69, 9.17) is 5.73 Å². The van der Waals surface area contributed by atoms with Crippen LogP contribution in [0.5, 0.6) is 0 Å². The van der Waals surface area contributed by atoms with Gasteiger partial charge in [0.25, 0.3) is 5.56 Å². The topological polar surface area (TPSA) is 51.3 Å². The largest absolute Gasteiger partial charge is 0.396 e. The Morgan fingerprint density at radius 3 is 2.61 bits per heavy atom. The van der Waals surface area contributed by atoms with E-state index in [0.717, 1.165) is 17.9 Å². The molecule has 1 aromatic heterocycles. The van der Waals surface area contributed by atoms with Gasteiger partial charge in [0.05, 0.1) is 5.69 Å². The van der Waals surface area contributed by atoms with Gasteiger partial charge in [0.1, 0.15) is 11.6 Å². The fourth-order valence-corrected chi connectivity index (χ4v) is 4.16. The Bertz CT molecular complexity index is 1100. The molecule has 0 amide bonds. The number of rotatable bonds is 4. The second-order valence-electron chi connectivity index (χ2n) is 7.12. The molecule has 2 N–H and O–H groups in total. The van der Waals surface area contributed by atoms with E-state index in [9.17, 15) is 9.18 Å². The van der Waals surface area contributed by atoms with Gasteiger partial charge in [-0.3, -0.25) is 9.36 Å². The number of benzene rings is 2. The number of pyridine rings is 1. The molecule has 4 rings (SSSR count). The summed E-state index contributed by atoms with van der Waals surface area (Å²) in [6, 6.07) is 15.1. The maximum absolute atomic E-state index is 14.4. The highest BCUT2D eigenvalue weighted by atomic mass is 79.9. The molecule has 0 radical (unpaired) electrons. The van der Waals surface area contributed by atoms with E-state index in [-0.39, 0.29) is 11.4 Å². The molecule has 2 aromatic carbocycles. The van der Waals surface area contributed by atoms with Crippen molar-refractivity contribution in [3.05, 3.63) is 91.4 Å². The molecular weight excluding hydrogens is 421 g/mol. The van der Waals surface area contributed by atoms with E-state index in [0.29, 0.717) is 46.4 Å². The van der Waals surface area contributed by atoms with Crippen LogP contribution in [0.4, 0.5) is 15.9 Å². The molecular formula is C22H21BrFN3O. The molecule has 1 aliphatic heterocycles. The molecule has 144 valence electrons. The third-order valence-corrected chi connectivity index (χ3v) is 5.83. The van der Waals surface area contributed by atoms with E-state index in [1.165, 1.54) is 6.07 Å². The smallest absolute Gasteiger partial charge is 0.255 e. The highest BCUT2D eigenvalue weighted by Gasteiger charge is 2.27. The van der Waals surface area contributed by atoms with E-state index in [1.54, 1.807) is 23.6 Å². The Labute approximate surface area is 171 Å². The van der Waals surface area contributed by atoms with Gasteiger partial charge < -0.3 is 10.6 Å². The average molecular weight is 442 g/mol.